The van der Waals surface area contributed by atoms with Gasteiger partial charge in [0.2, 0.25) is 0 Å². The van der Waals surface area contributed by atoms with Gasteiger partial charge in [0.1, 0.15) is 0 Å². The summed E-state index contributed by atoms with van der Waals surface area (Å²) in [5, 5.41) is 3.95. The molecule has 0 aliphatic heterocycles. The lowest BCUT2D eigenvalue weighted by Crippen LogP contribution is -2.09. The highest BCUT2D eigenvalue weighted by Gasteiger charge is 2.06. The number of aromatic nitrogens is 2. The maximum atomic E-state index is 10.4. The van der Waals surface area contributed by atoms with Gasteiger partial charge in [-0.15, -0.1) is 0 Å². The Morgan fingerprint density at radius 1 is 1.64 bits per heavy atom. The van der Waals surface area contributed by atoms with Gasteiger partial charge in [-0.3, -0.25) is 9.23 Å². The predicted molar refractivity (Wildman–Crippen MR) is 52.4 cm³/mol. The first kappa shape index (κ1) is 11.0. The molecule has 14 heavy (non-hydrogen) atoms. The topological polar surface area (TPSA) is 98.2 Å². The van der Waals surface area contributed by atoms with Crippen LogP contribution in [0.1, 0.15) is 12.1 Å². The van der Waals surface area contributed by atoms with E-state index in [9.17, 15) is 8.42 Å². The molecule has 0 fully saturated rings. The minimum absolute atomic E-state index is 0.258. The molecule has 1 heterocycles. The summed E-state index contributed by atoms with van der Waals surface area (Å²) in [4.78, 5) is 0. The highest BCUT2D eigenvalue weighted by molar-refractivity contribution is 7.85. The molecule has 0 atom stereocenters. The van der Waals surface area contributed by atoms with Crippen molar-refractivity contribution in [2.24, 2.45) is 0 Å². The lowest BCUT2D eigenvalue weighted by Gasteiger charge is -2.02. The van der Waals surface area contributed by atoms with Gasteiger partial charge in [0.15, 0.2) is 0 Å². The van der Waals surface area contributed by atoms with Crippen LogP contribution in [0.2, 0.25) is 0 Å². The van der Waals surface area contributed by atoms with Crippen LogP contribution < -0.4 is 5.73 Å². The number of anilines is 1. The first-order valence-corrected chi connectivity index (χ1v) is 5.74. The molecule has 0 aromatic carbocycles. The van der Waals surface area contributed by atoms with Gasteiger partial charge in [-0.2, -0.15) is 13.5 Å². The number of aryl methyl sites for hydroxylation is 1. The minimum atomic E-state index is -3.87. The molecule has 3 N–H and O–H groups in total. The Hall–Kier alpha value is -1.08. The number of nitrogen functional groups attached to an aromatic ring is 1. The molecule has 6 nitrogen and oxygen atoms in total. The van der Waals surface area contributed by atoms with Gasteiger partial charge >= 0.3 is 0 Å². The van der Waals surface area contributed by atoms with Crippen molar-refractivity contribution < 1.29 is 13.0 Å². The molecule has 0 aliphatic rings. The summed E-state index contributed by atoms with van der Waals surface area (Å²) < 4.78 is 30.9. The van der Waals surface area contributed by atoms with Crippen LogP contribution >= 0.6 is 0 Å². The standard InChI is InChI=1S/C7H13N3O3S/c1-6-7(8)5-9-10(6)3-2-4-14(11,12)13/h5H,2-4,8H2,1H3,(H,11,12,13). The molecule has 0 saturated carbocycles. The van der Waals surface area contributed by atoms with E-state index in [0.29, 0.717) is 18.7 Å². The van der Waals surface area contributed by atoms with Gasteiger partial charge in [0, 0.05) is 6.54 Å². The number of nitrogens with two attached hydrogens (primary N) is 1. The molecule has 1 rings (SSSR count). The molecule has 0 spiro atoms. The van der Waals surface area contributed by atoms with E-state index in [0.717, 1.165) is 5.69 Å². The summed E-state index contributed by atoms with van der Waals surface area (Å²) in [7, 11) is -3.87. The van der Waals surface area contributed by atoms with Crippen LogP contribution in [0, 0.1) is 6.92 Å². The van der Waals surface area contributed by atoms with E-state index in [2.05, 4.69) is 5.10 Å². The maximum Gasteiger partial charge on any atom is 0.264 e. The first-order chi connectivity index (χ1) is 6.40. The van der Waals surface area contributed by atoms with Gasteiger partial charge in [-0.05, 0) is 13.3 Å². The fraction of sp³-hybridized carbons (Fsp3) is 0.571. The molecule has 0 aliphatic carbocycles. The van der Waals surface area contributed by atoms with Crippen molar-refractivity contribution in [1.82, 2.24) is 9.78 Å². The molecule has 1 aromatic heterocycles. The Bertz CT molecular complexity index is 410. The molecule has 0 radical (unpaired) electrons. The Morgan fingerprint density at radius 3 is 2.71 bits per heavy atom. The third-order valence-electron chi connectivity index (χ3n) is 1.91. The number of hydrogen-bond acceptors (Lipinski definition) is 4. The van der Waals surface area contributed by atoms with Crippen molar-refractivity contribution in [3.63, 3.8) is 0 Å². The van der Waals surface area contributed by atoms with E-state index in [1.54, 1.807) is 11.6 Å². The minimum Gasteiger partial charge on any atom is -0.396 e. The predicted octanol–water partition coefficient (Wildman–Crippen LogP) is 0.0516. The summed E-state index contributed by atoms with van der Waals surface area (Å²) in [5.74, 6) is -0.258. The second-order valence-electron chi connectivity index (χ2n) is 3.05. The molecule has 1 aromatic rings. The van der Waals surface area contributed by atoms with Crippen molar-refractivity contribution in [2.75, 3.05) is 11.5 Å². The Morgan fingerprint density at radius 2 is 2.29 bits per heavy atom. The third-order valence-corrected chi connectivity index (χ3v) is 2.72. The second kappa shape index (κ2) is 3.97. The lowest BCUT2D eigenvalue weighted by atomic mass is 10.4. The van der Waals surface area contributed by atoms with Crippen molar-refractivity contribution in [3.05, 3.63) is 11.9 Å². The molecule has 80 valence electrons. The SMILES string of the molecule is Cc1c(N)cnn1CCCS(=O)(=O)O. The van der Waals surface area contributed by atoms with Crippen LogP contribution in [0.4, 0.5) is 5.69 Å². The van der Waals surface area contributed by atoms with Crippen molar-refractivity contribution >= 4 is 15.8 Å². The maximum absolute atomic E-state index is 10.4. The van der Waals surface area contributed by atoms with Gasteiger partial charge < -0.3 is 5.73 Å². The van der Waals surface area contributed by atoms with Crippen molar-refractivity contribution in [1.29, 1.82) is 0 Å². The highest BCUT2D eigenvalue weighted by atomic mass is 32.2. The van der Waals surface area contributed by atoms with Gasteiger partial charge in [-0.1, -0.05) is 0 Å². The molecule has 0 amide bonds. The molecule has 0 bridgehead atoms. The van der Waals surface area contributed by atoms with E-state index in [-0.39, 0.29) is 5.75 Å². The molecular weight excluding hydrogens is 206 g/mol. The van der Waals surface area contributed by atoms with E-state index in [1.807, 2.05) is 0 Å². The van der Waals surface area contributed by atoms with Crippen LogP contribution in [-0.2, 0) is 16.7 Å². The molecular formula is C7H13N3O3S. The summed E-state index contributed by atoms with van der Waals surface area (Å²) >= 11 is 0. The quantitative estimate of drug-likeness (QED) is 0.697. The van der Waals surface area contributed by atoms with Gasteiger partial charge in [0.25, 0.3) is 10.1 Å². The largest absolute Gasteiger partial charge is 0.396 e. The normalized spacial score (nSPS) is 11.9. The van der Waals surface area contributed by atoms with E-state index in [4.69, 9.17) is 10.3 Å². The number of nitrogens with zero attached hydrogens (tertiary/aromatic N) is 2. The fourth-order valence-corrected chi connectivity index (χ4v) is 1.58. The zero-order valence-corrected chi connectivity index (χ0v) is 8.66. The monoisotopic (exact) mass is 219 g/mol. The Labute approximate surface area is 82.5 Å². The van der Waals surface area contributed by atoms with Gasteiger partial charge in [-0.25, -0.2) is 0 Å². The van der Waals surface area contributed by atoms with Crippen LogP contribution in [0.3, 0.4) is 0 Å². The summed E-state index contributed by atoms with van der Waals surface area (Å²) in [5.41, 5.74) is 6.93. The van der Waals surface area contributed by atoms with Crippen molar-refractivity contribution in [3.8, 4) is 0 Å². The fourth-order valence-electron chi connectivity index (χ4n) is 1.08. The van der Waals surface area contributed by atoms with Crippen LogP contribution in [0.5, 0.6) is 0 Å². The van der Waals surface area contributed by atoms with Gasteiger partial charge in [0.05, 0.1) is 23.3 Å². The third kappa shape index (κ3) is 3.00. The lowest BCUT2D eigenvalue weighted by molar-refractivity contribution is 0.475. The van der Waals surface area contributed by atoms with E-state index >= 15 is 0 Å². The average Bonchev–Trinajstić information content (AvgIpc) is 2.33. The van der Waals surface area contributed by atoms with Crippen LogP contribution in [-0.4, -0.2) is 28.5 Å². The van der Waals surface area contributed by atoms with E-state index < -0.39 is 10.1 Å². The Kier molecular flexibility index (Phi) is 3.12. The first-order valence-electron chi connectivity index (χ1n) is 4.13. The highest BCUT2D eigenvalue weighted by Crippen LogP contribution is 2.08. The summed E-state index contributed by atoms with van der Waals surface area (Å²) in [6.45, 7) is 2.23. The zero-order chi connectivity index (χ0) is 10.8. The number of rotatable bonds is 4. The molecule has 0 unspecified atom stereocenters. The van der Waals surface area contributed by atoms with Crippen LogP contribution in [0.25, 0.3) is 0 Å². The second-order valence-corrected chi connectivity index (χ2v) is 4.62. The average molecular weight is 219 g/mol. The van der Waals surface area contributed by atoms with E-state index in [1.165, 1.54) is 6.20 Å². The molecule has 7 heteroatoms. The smallest absolute Gasteiger partial charge is 0.264 e. The van der Waals surface area contributed by atoms with Crippen molar-refractivity contribution in [2.45, 2.75) is 19.9 Å². The zero-order valence-electron chi connectivity index (χ0n) is 7.84. The summed E-state index contributed by atoms with van der Waals surface area (Å²) in [6.07, 6.45) is 1.84. The summed E-state index contributed by atoms with van der Waals surface area (Å²) in [6, 6.07) is 0. The van der Waals surface area contributed by atoms with Crippen LogP contribution in [0.15, 0.2) is 6.20 Å². The Balaban J connectivity index is 2.51. The molecule has 0 saturated heterocycles. The number of hydrogen-bond donors (Lipinski definition) is 2.